The van der Waals surface area contributed by atoms with E-state index in [4.69, 9.17) is 5.14 Å². The zero-order chi connectivity index (χ0) is 16.6. The van der Waals surface area contributed by atoms with Crippen LogP contribution in [0.4, 0.5) is 8.78 Å². The fraction of sp³-hybridized carbons (Fsp3) is 1.00. The lowest BCUT2D eigenvalue weighted by atomic mass is 9.62. The Morgan fingerprint density at radius 1 is 1.14 bits per heavy atom. The highest BCUT2D eigenvalue weighted by Crippen LogP contribution is 2.49. The van der Waals surface area contributed by atoms with Crippen molar-refractivity contribution < 1.29 is 17.2 Å². The summed E-state index contributed by atoms with van der Waals surface area (Å²) in [5, 5.41) is 5.38. The topological polar surface area (TPSA) is 63.4 Å². The van der Waals surface area contributed by atoms with E-state index in [1.807, 2.05) is 0 Å². The van der Waals surface area contributed by atoms with Gasteiger partial charge in [-0.15, -0.1) is 0 Å². The molecule has 0 aliphatic heterocycles. The van der Waals surface area contributed by atoms with Gasteiger partial charge in [0.05, 0.1) is 0 Å². The first-order valence-electron chi connectivity index (χ1n) is 8.28. The molecule has 0 spiro atoms. The Morgan fingerprint density at radius 2 is 1.64 bits per heavy atom. The van der Waals surface area contributed by atoms with Crippen molar-refractivity contribution in [2.24, 2.45) is 16.5 Å². The number of nitrogens with zero attached hydrogens (tertiary/aromatic N) is 1. The summed E-state index contributed by atoms with van der Waals surface area (Å²) < 4.78 is 51.6. The van der Waals surface area contributed by atoms with Gasteiger partial charge >= 0.3 is 0 Å². The van der Waals surface area contributed by atoms with Crippen LogP contribution in [0.15, 0.2) is 0 Å². The third kappa shape index (κ3) is 3.97. The summed E-state index contributed by atoms with van der Waals surface area (Å²) in [4.78, 5) is 0. The van der Waals surface area contributed by atoms with Crippen LogP contribution in [-0.4, -0.2) is 31.2 Å². The summed E-state index contributed by atoms with van der Waals surface area (Å²) in [5.74, 6) is -2.59. The molecule has 7 heteroatoms. The van der Waals surface area contributed by atoms with Crippen molar-refractivity contribution in [3.63, 3.8) is 0 Å². The Bertz CT molecular complexity index is 474. The summed E-state index contributed by atoms with van der Waals surface area (Å²) in [5.41, 5.74) is 0.229. The highest BCUT2D eigenvalue weighted by Gasteiger charge is 2.47. The molecule has 0 amide bonds. The van der Waals surface area contributed by atoms with Gasteiger partial charge in [0.1, 0.15) is 0 Å². The van der Waals surface area contributed by atoms with Crippen molar-refractivity contribution in [2.75, 3.05) is 6.54 Å². The van der Waals surface area contributed by atoms with Gasteiger partial charge < -0.3 is 0 Å². The van der Waals surface area contributed by atoms with E-state index in [0.29, 0.717) is 19.4 Å². The molecular formula is C15H28F2N2O2S. The average molecular weight is 338 g/mol. The molecule has 0 unspecified atom stereocenters. The summed E-state index contributed by atoms with van der Waals surface area (Å²) in [6.07, 6.45) is 4.20. The number of halogens is 2. The molecule has 0 aromatic carbocycles. The van der Waals surface area contributed by atoms with Crippen molar-refractivity contribution in [2.45, 2.75) is 77.2 Å². The van der Waals surface area contributed by atoms with Gasteiger partial charge in [-0.1, -0.05) is 26.7 Å². The Hall–Kier alpha value is -0.270. The lowest BCUT2D eigenvalue weighted by Crippen LogP contribution is -2.55. The number of hydrogen-bond acceptors (Lipinski definition) is 2. The Kier molecular flexibility index (Phi) is 5.19. The van der Waals surface area contributed by atoms with E-state index in [2.05, 4.69) is 13.8 Å². The quantitative estimate of drug-likeness (QED) is 0.808. The molecule has 0 radical (unpaired) electrons. The van der Waals surface area contributed by atoms with Crippen LogP contribution < -0.4 is 5.14 Å². The molecule has 0 aromatic rings. The maximum Gasteiger partial charge on any atom is 0.277 e. The third-order valence-electron chi connectivity index (χ3n) is 5.85. The lowest BCUT2D eigenvalue weighted by molar-refractivity contribution is -0.0505. The van der Waals surface area contributed by atoms with Gasteiger partial charge in [-0.3, -0.25) is 0 Å². The second-order valence-corrected chi connectivity index (χ2v) is 8.68. The molecule has 2 saturated carbocycles. The highest BCUT2D eigenvalue weighted by molar-refractivity contribution is 7.86. The molecule has 0 bridgehead atoms. The number of rotatable bonds is 6. The molecule has 4 nitrogen and oxygen atoms in total. The van der Waals surface area contributed by atoms with E-state index < -0.39 is 16.1 Å². The van der Waals surface area contributed by atoms with Gasteiger partial charge in [-0.05, 0) is 37.0 Å². The first-order chi connectivity index (χ1) is 10.1. The van der Waals surface area contributed by atoms with Crippen LogP contribution in [0.1, 0.15) is 65.2 Å². The van der Waals surface area contributed by atoms with E-state index >= 15 is 0 Å². The summed E-state index contributed by atoms with van der Waals surface area (Å²) in [6.45, 7) is 4.55. The van der Waals surface area contributed by atoms with Crippen LogP contribution in [0.5, 0.6) is 0 Å². The van der Waals surface area contributed by atoms with Crippen molar-refractivity contribution in [1.82, 2.24) is 4.31 Å². The molecule has 22 heavy (non-hydrogen) atoms. The minimum Gasteiger partial charge on any atom is -0.216 e. The Balaban J connectivity index is 1.98. The van der Waals surface area contributed by atoms with E-state index in [1.165, 1.54) is 4.31 Å². The van der Waals surface area contributed by atoms with Crippen LogP contribution in [-0.2, 0) is 10.2 Å². The van der Waals surface area contributed by atoms with Crippen LogP contribution in [0.25, 0.3) is 0 Å². The predicted molar refractivity (Wildman–Crippen MR) is 82.8 cm³/mol. The largest absolute Gasteiger partial charge is 0.277 e. The van der Waals surface area contributed by atoms with Crippen molar-refractivity contribution in [1.29, 1.82) is 0 Å². The van der Waals surface area contributed by atoms with Crippen molar-refractivity contribution in [3.05, 3.63) is 0 Å². The zero-order valence-corrected chi connectivity index (χ0v) is 14.3. The average Bonchev–Trinajstić information content (AvgIpc) is 2.38. The molecule has 0 heterocycles. The maximum absolute atomic E-state index is 13.2. The third-order valence-corrected chi connectivity index (χ3v) is 6.95. The summed E-state index contributed by atoms with van der Waals surface area (Å²) in [7, 11) is -3.77. The van der Waals surface area contributed by atoms with E-state index in [1.54, 1.807) is 0 Å². The molecule has 130 valence electrons. The molecular weight excluding hydrogens is 310 g/mol. The molecule has 2 aliphatic carbocycles. The van der Waals surface area contributed by atoms with E-state index in [0.717, 1.165) is 25.7 Å². The fourth-order valence-corrected chi connectivity index (χ4v) is 4.95. The smallest absolute Gasteiger partial charge is 0.216 e. The van der Waals surface area contributed by atoms with Crippen molar-refractivity contribution >= 4 is 10.2 Å². The van der Waals surface area contributed by atoms with Gasteiger partial charge in [-0.2, -0.15) is 12.7 Å². The molecule has 2 rings (SSSR count). The Labute approximate surface area is 132 Å². The standard InChI is InChI=1S/C15H28F2N2O2S/c1-3-14(4-2)9-13(10-14)19(22(18,20)21)11-12-5-7-15(16,17)8-6-12/h12-13H,3-11H2,1-2H3,(H2,18,20,21). The molecule has 0 saturated heterocycles. The molecule has 0 atom stereocenters. The first kappa shape index (κ1) is 18.1. The predicted octanol–water partition coefficient (Wildman–Crippen LogP) is 3.29. The Morgan fingerprint density at radius 3 is 2.05 bits per heavy atom. The first-order valence-corrected chi connectivity index (χ1v) is 9.78. The van der Waals surface area contributed by atoms with E-state index in [9.17, 15) is 17.2 Å². The van der Waals surface area contributed by atoms with Gasteiger partial charge in [0.15, 0.2) is 0 Å². The SMILES string of the molecule is CCC1(CC)CC(N(CC2CCC(F)(F)CC2)S(N)(=O)=O)C1. The summed E-state index contributed by atoms with van der Waals surface area (Å²) >= 11 is 0. The maximum atomic E-state index is 13.2. The number of hydrogen-bond donors (Lipinski definition) is 1. The molecule has 0 aromatic heterocycles. The van der Waals surface area contributed by atoms with Crippen molar-refractivity contribution in [3.8, 4) is 0 Å². The van der Waals surface area contributed by atoms with Gasteiger partial charge in [0, 0.05) is 25.4 Å². The molecule has 2 aliphatic rings. The minimum atomic E-state index is -3.77. The molecule has 2 N–H and O–H groups in total. The minimum absolute atomic E-state index is 0.00352. The lowest BCUT2D eigenvalue weighted by Gasteiger charge is -2.51. The van der Waals surface area contributed by atoms with Crippen LogP contribution in [0.3, 0.4) is 0 Å². The van der Waals surface area contributed by atoms with Gasteiger partial charge in [-0.25, -0.2) is 13.9 Å². The van der Waals surface area contributed by atoms with Crippen LogP contribution in [0.2, 0.25) is 0 Å². The summed E-state index contributed by atoms with van der Waals surface area (Å²) in [6, 6.07) is -0.0580. The number of alkyl halides is 2. The van der Waals surface area contributed by atoms with Crippen LogP contribution >= 0.6 is 0 Å². The monoisotopic (exact) mass is 338 g/mol. The normalized spacial score (nSPS) is 26.1. The zero-order valence-electron chi connectivity index (χ0n) is 13.5. The second-order valence-electron chi connectivity index (χ2n) is 7.18. The molecule has 2 fully saturated rings. The van der Waals surface area contributed by atoms with E-state index in [-0.39, 0.29) is 30.2 Å². The van der Waals surface area contributed by atoms with Crippen LogP contribution in [0, 0.1) is 11.3 Å². The van der Waals surface area contributed by atoms with Gasteiger partial charge in [0.25, 0.3) is 10.2 Å². The highest BCUT2D eigenvalue weighted by atomic mass is 32.2. The number of nitrogens with two attached hydrogens (primary N) is 1. The van der Waals surface area contributed by atoms with Gasteiger partial charge in [0.2, 0.25) is 5.92 Å². The fourth-order valence-electron chi connectivity index (χ4n) is 3.97. The second kappa shape index (κ2) is 6.32.